The first kappa shape index (κ1) is 19.6. The van der Waals surface area contributed by atoms with Gasteiger partial charge in [0.2, 0.25) is 0 Å². The average molecular weight is 423 g/mol. The standard InChI is InChI=1S/C23H22FN3O4/c1-30-15-3-5-19-17(11-15)18(12-25-19)22(23(28)29)27-8-6-13(7-9-27)21-16-4-2-14(24)10-20(16)31-26-21/h2-5,10-13,22,25H,6-9H2,1H3,(H,28,29)/t22-/m0/s1. The molecule has 0 spiro atoms. The summed E-state index contributed by atoms with van der Waals surface area (Å²) < 4.78 is 24.1. The van der Waals surface area contributed by atoms with Gasteiger partial charge in [0.05, 0.1) is 12.8 Å². The van der Waals surface area contributed by atoms with Gasteiger partial charge in [-0.05, 0) is 56.3 Å². The Labute approximate surface area is 177 Å². The molecule has 2 aromatic carbocycles. The number of piperidine rings is 1. The number of ether oxygens (including phenoxy) is 1. The normalized spacial score (nSPS) is 16.7. The molecule has 1 saturated heterocycles. The van der Waals surface area contributed by atoms with Gasteiger partial charge in [-0.3, -0.25) is 9.69 Å². The Morgan fingerprint density at radius 1 is 1.26 bits per heavy atom. The monoisotopic (exact) mass is 423 g/mol. The molecule has 1 atom stereocenters. The number of benzene rings is 2. The van der Waals surface area contributed by atoms with Gasteiger partial charge < -0.3 is 19.4 Å². The van der Waals surface area contributed by atoms with E-state index >= 15 is 0 Å². The quantitative estimate of drug-likeness (QED) is 0.492. The van der Waals surface area contributed by atoms with Crippen LogP contribution in [0.4, 0.5) is 4.39 Å². The molecule has 4 aromatic rings. The third kappa shape index (κ3) is 3.42. The Balaban J connectivity index is 1.40. The molecule has 0 bridgehead atoms. The molecular weight excluding hydrogens is 401 g/mol. The van der Waals surface area contributed by atoms with Gasteiger partial charge in [-0.2, -0.15) is 0 Å². The van der Waals surface area contributed by atoms with Gasteiger partial charge in [0.25, 0.3) is 0 Å². The maximum atomic E-state index is 13.4. The summed E-state index contributed by atoms with van der Waals surface area (Å²) in [6, 6.07) is 9.29. The number of carboxylic acids is 1. The summed E-state index contributed by atoms with van der Waals surface area (Å²) in [6.07, 6.45) is 3.26. The van der Waals surface area contributed by atoms with Gasteiger partial charge in [0, 0.05) is 40.0 Å². The van der Waals surface area contributed by atoms with Crippen molar-refractivity contribution in [2.75, 3.05) is 20.2 Å². The second-order valence-electron chi connectivity index (χ2n) is 7.91. The molecule has 2 aromatic heterocycles. The average Bonchev–Trinajstić information content (AvgIpc) is 3.38. The molecule has 1 aliphatic heterocycles. The maximum Gasteiger partial charge on any atom is 0.325 e. The Morgan fingerprint density at radius 3 is 2.81 bits per heavy atom. The number of halogens is 1. The van der Waals surface area contributed by atoms with Crippen LogP contribution in [-0.4, -0.2) is 46.3 Å². The highest BCUT2D eigenvalue weighted by molar-refractivity contribution is 5.90. The van der Waals surface area contributed by atoms with Crippen molar-refractivity contribution in [1.29, 1.82) is 0 Å². The Morgan fingerprint density at radius 2 is 2.06 bits per heavy atom. The first-order valence-electron chi connectivity index (χ1n) is 10.2. The lowest BCUT2D eigenvalue weighted by molar-refractivity contribution is -0.144. The molecule has 2 N–H and O–H groups in total. The summed E-state index contributed by atoms with van der Waals surface area (Å²) in [5, 5.41) is 15.9. The molecule has 3 heterocycles. The Hall–Kier alpha value is -3.39. The topological polar surface area (TPSA) is 91.6 Å². The second-order valence-corrected chi connectivity index (χ2v) is 7.91. The third-order valence-corrected chi connectivity index (χ3v) is 6.19. The van der Waals surface area contributed by atoms with Gasteiger partial charge in [0.1, 0.15) is 17.6 Å². The molecule has 31 heavy (non-hydrogen) atoms. The smallest absolute Gasteiger partial charge is 0.325 e. The Bertz CT molecular complexity index is 1260. The van der Waals surface area contributed by atoms with Crippen molar-refractivity contribution in [3.8, 4) is 5.75 Å². The van der Waals surface area contributed by atoms with Gasteiger partial charge >= 0.3 is 5.97 Å². The fraction of sp³-hybridized carbons (Fsp3) is 0.304. The van der Waals surface area contributed by atoms with E-state index in [9.17, 15) is 14.3 Å². The van der Waals surface area contributed by atoms with E-state index < -0.39 is 12.0 Å². The van der Waals surface area contributed by atoms with Crippen LogP contribution in [0, 0.1) is 5.82 Å². The highest BCUT2D eigenvalue weighted by Crippen LogP contribution is 2.37. The van der Waals surface area contributed by atoms with E-state index in [1.165, 1.54) is 12.1 Å². The van der Waals surface area contributed by atoms with Crippen molar-refractivity contribution in [3.05, 3.63) is 59.7 Å². The summed E-state index contributed by atoms with van der Waals surface area (Å²) in [5.74, 6) is -0.416. The first-order valence-corrected chi connectivity index (χ1v) is 10.2. The first-order chi connectivity index (χ1) is 15.0. The zero-order chi connectivity index (χ0) is 21.5. The number of H-pyrrole nitrogens is 1. The number of hydrogen-bond acceptors (Lipinski definition) is 5. The summed E-state index contributed by atoms with van der Waals surface area (Å²) in [7, 11) is 1.59. The molecule has 7 nitrogen and oxygen atoms in total. The van der Waals surface area contributed by atoms with Crippen molar-refractivity contribution in [2.45, 2.75) is 24.8 Å². The highest BCUT2D eigenvalue weighted by Gasteiger charge is 2.34. The van der Waals surface area contributed by atoms with Gasteiger partial charge in [-0.1, -0.05) is 5.16 Å². The number of carbonyl (C=O) groups is 1. The minimum absolute atomic E-state index is 0.139. The van der Waals surface area contributed by atoms with Crippen LogP contribution in [-0.2, 0) is 4.79 Å². The summed E-state index contributed by atoms with van der Waals surface area (Å²) >= 11 is 0. The van der Waals surface area contributed by atoms with Crippen LogP contribution in [0.1, 0.15) is 36.1 Å². The van der Waals surface area contributed by atoms with Gasteiger partial charge in [0.15, 0.2) is 5.58 Å². The number of likely N-dealkylation sites (tertiary alicyclic amines) is 1. The zero-order valence-corrected chi connectivity index (χ0v) is 17.0. The third-order valence-electron chi connectivity index (χ3n) is 6.19. The van der Waals surface area contributed by atoms with E-state index in [1.807, 2.05) is 23.1 Å². The lowest BCUT2D eigenvalue weighted by atomic mass is 9.90. The van der Waals surface area contributed by atoms with E-state index in [2.05, 4.69) is 10.1 Å². The lowest BCUT2D eigenvalue weighted by Crippen LogP contribution is -2.39. The largest absolute Gasteiger partial charge is 0.497 e. The van der Waals surface area contributed by atoms with E-state index in [1.54, 1.807) is 19.4 Å². The number of nitrogens with one attached hydrogen (secondary N) is 1. The maximum absolute atomic E-state index is 13.4. The molecule has 0 aliphatic carbocycles. The summed E-state index contributed by atoms with van der Waals surface area (Å²) in [6.45, 7) is 1.21. The molecule has 0 saturated carbocycles. The van der Waals surface area contributed by atoms with Crippen LogP contribution in [0.3, 0.4) is 0 Å². The van der Waals surface area contributed by atoms with E-state index in [-0.39, 0.29) is 11.7 Å². The molecule has 1 fully saturated rings. The van der Waals surface area contributed by atoms with Crippen LogP contribution in [0.2, 0.25) is 0 Å². The van der Waals surface area contributed by atoms with E-state index in [0.29, 0.717) is 24.4 Å². The number of hydrogen-bond donors (Lipinski definition) is 2. The number of methoxy groups -OCH3 is 1. The van der Waals surface area contributed by atoms with Crippen molar-refractivity contribution < 1.29 is 23.6 Å². The number of aromatic amines is 1. The zero-order valence-electron chi connectivity index (χ0n) is 17.0. The van der Waals surface area contributed by atoms with E-state index in [0.717, 1.165) is 40.4 Å². The molecule has 1 aliphatic rings. The predicted octanol–water partition coefficient (Wildman–Crippen LogP) is 4.46. The molecule has 0 amide bonds. The molecule has 0 unspecified atom stereocenters. The Kier molecular flexibility index (Phi) is 4.86. The summed E-state index contributed by atoms with van der Waals surface area (Å²) in [5.41, 5.74) is 2.85. The molecule has 5 rings (SSSR count). The minimum Gasteiger partial charge on any atom is -0.497 e. The van der Waals surface area contributed by atoms with Crippen LogP contribution in [0.5, 0.6) is 5.75 Å². The van der Waals surface area contributed by atoms with E-state index in [4.69, 9.17) is 9.26 Å². The number of nitrogens with zero attached hydrogens (tertiary/aromatic N) is 2. The van der Waals surface area contributed by atoms with Gasteiger partial charge in [-0.15, -0.1) is 0 Å². The molecule has 0 radical (unpaired) electrons. The fourth-order valence-corrected chi connectivity index (χ4v) is 4.62. The van der Waals surface area contributed by atoms with Crippen molar-refractivity contribution in [2.24, 2.45) is 0 Å². The number of aliphatic carboxylic acids is 1. The molecule has 160 valence electrons. The SMILES string of the molecule is COc1ccc2[nH]cc([C@@H](C(=O)O)N3CCC(c4noc5cc(F)ccc45)CC3)c2c1. The fourth-order valence-electron chi connectivity index (χ4n) is 4.62. The van der Waals surface area contributed by atoms with Crippen LogP contribution in [0.15, 0.2) is 47.1 Å². The predicted molar refractivity (Wildman–Crippen MR) is 113 cm³/mol. The lowest BCUT2D eigenvalue weighted by Gasteiger charge is -2.35. The molecular formula is C23H22FN3O4. The highest BCUT2D eigenvalue weighted by atomic mass is 19.1. The number of carboxylic acid groups (broad SMARTS) is 1. The van der Waals surface area contributed by atoms with Crippen molar-refractivity contribution in [3.63, 3.8) is 0 Å². The number of rotatable bonds is 5. The number of aromatic nitrogens is 2. The van der Waals surface area contributed by atoms with Crippen LogP contribution < -0.4 is 4.74 Å². The second kappa shape index (κ2) is 7.70. The summed E-state index contributed by atoms with van der Waals surface area (Å²) in [4.78, 5) is 17.4. The van der Waals surface area contributed by atoms with Gasteiger partial charge in [-0.25, -0.2) is 4.39 Å². The van der Waals surface area contributed by atoms with Crippen LogP contribution >= 0.6 is 0 Å². The van der Waals surface area contributed by atoms with Crippen molar-refractivity contribution in [1.82, 2.24) is 15.0 Å². The number of fused-ring (bicyclic) bond motifs is 2. The molecule has 8 heteroatoms. The van der Waals surface area contributed by atoms with Crippen LogP contribution in [0.25, 0.3) is 21.9 Å². The van der Waals surface area contributed by atoms with Crippen molar-refractivity contribution >= 4 is 27.8 Å². The minimum atomic E-state index is -0.885.